The fraction of sp³-hybridized carbons (Fsp3) is 0.0870. The highest BCUT2D eigenvalue weighted by Gasteiger charge is 2.34. The van der Waals surface area contributed by atoms with E-state index in [4.69, 9.17) is 4.42 Å². The van der Waals surface area contributed by atoms with E-state index in [2.05, 4.69) is 29.6 Å². The van der Waals surface area contributed by atoms with E-state index in [-0.39, 0.29) is 12.1 Å². The number of benzene rings is 3. The van der Waals surface area contributed by atoms with Gasteiger partial charge in [0.2, 0.25) is 0 Å². The number of para-hydroxylation sites is 1. The number of carbonyl (C=O) groups excluding carboxylic acids is 1. The normalized spacial score (nSPS) is 16.2. The minimum Gasteiger partial charge on any atom is -0.467 e. The Morgan fingerprint density at radius 1 is 0.889 bits per heavy atom. The molecule has 1 aliphatic rings. The first kappa shape index (κ1) is 15.7. The number of rotatable bonds is 3. The molecule has 4 heteroatoms. The molecule has 0 saturated heterocycles. The molecule has 4 aromatic rings. The molecule has 0 aliphatic carbocycles. The van der Waals surface area contributed by atoms with Gasteiger partial charge < -0.3 is 14.6 Å². The molecule has 0 saturated carbocycles. The first-order valence-corrected chi connectivity index (χ1v) is 8.98. The second-order valence-electron chi connectivity index (χ2n) is 6.67. The van der Waals surface area contributed by atoms with Crippen LogP contribution in [0.1, 0.15) is 27.8 Å². The monoisotopic (exact) mass is 354 g/mol. The number of fused-ring (bicyclic) bond motifs is 2. The van der Waals surface area contributed by atoms with Gasteiger partial charge in [-0.1, -0.05) is 54.6 Å². The van der Waals surface area contributed by atoms with Gasteiger partial charge in [0.15, 0.2) is 0 Å². The second kappa shape index (κ2) is 6.32. The van der Waals surface area contributed by atoms with E-state index in [1.807, 2.05) is 59.5 Å². The molecule has 2 heterocycles. The van der Waals surface area contributed by atoms with Crippen molar-refractivity contribution < 1.29 is 9.21 Å². The Hall–Kier alpha value is -3.53. The van der Waals surface area contributed by atoms with Crippen LogP contribution < -0.4 is 5.32 Å². The maximum Gasteiger partial charge on any atom is 0.258 e. The second-order valence-corrected chi connectivity index (χ2v) is 6.67. The third-order valence-electron chi connectivity index (χ3n) is 5.05. The van der Waals surface area contributed by atoms with Gasteiger partial charge in [-0.15, -0.1) is 0 Å². The van der Waals surface area contributed by atoms with Crippen LogP contribution >= 0.6 is 0 Å². The lowest BCUT2D eigenvalue weighted by molar-refractivity contribution is 0.0653. The summed E-state index contributed by atoms with van der Waals surface area (Å²) in [6.45, 7) is 0.404. The molecule has 27 heavy (non-hydrogen) atoms. The first-order valence-electron chi connectivity index (χ1n) is 8.98. The van der Waals surface area contributed by atoms with Gasteiger partial charge >= 0.3 is 0 Å². The van der Waals surface area contributed by atoms with Crippen LogP contribution in [0.5, 0.6) is 0 Å². The lowest BCUT2D eigenvalue weighted by Crippen LogP contribution is -2.42. The van der Waals surface area contributed by atoms with Crippen LogP contribution in [0.25, 0.3) is 10.8 Å². The van der Waals surface area contributed by atoms with E-state index >= 15 is 0 Å². The minimum atomic E-state index is -0.274. The molecule has 3 aromatic carbocycles. The molecule has 0 fully saturated rings. The minimum absolute atomic E-state index is 0.00122. The van der Waals surface area contributed by atoms with Gasteiger partial charge in [0.05, 0.1) is 18.4 Å². The Morgan fingerprint density at radius 2 is 1.70 bits per heavy atom. The lowest BCUT2D eigenvalue weighted by Gasteiger charge is -2.38. The molecular weight excluding hydrogens is 336 g/mol. The van der Waals surface area contributed by atoms with Crippen molar-refractivity contribution in [2.24, 2.45) is 0 Å². The van der Waals surface area contributed by atoms with E-state index in [1.165, 1.54) is 0 Å². The highest BCUT2D eigenvalue weighted by Crippen LogP contribution is 2.36. The maximum absolute atomic E-state index is 13.3. The molecule has 1 aliphatic heterocycles. The standard InChI is InChI=1S/C23H18N2O2/c26-23-20-11-3-4-13-21(20)24-22(25(23)15-17-9-6-14-27-17)19-12-5-8-16-7-1-2-10-18(16)19/h1-14,22,24H,15H2/t22-/m1/s1. The Labute approximate surface area is 157 Å². The van der Waals surface area contributed by atoms with Crippen molar-refractivity contribution in [3.05, 3.63) is 102 Å². The Kier molecular flexibility index (Phi) is 3.68. The molecule has 1 aromatic heterocycles. The number of furan rings is 1. The summed E-state index contributed by atoms with van der Waals surface area (Å²) >= 11 is 0. The molecule has 1 amide bonds. The molecule has 0 bridgehead atoms. The van der Waals surface area contributed by atoms with E-state index in [1.54, 1.807) is 6.26 Å². The van der Waals surface area contributed by atoms with Gasteiger partial charge in [-0.25, -0.2) is 0 Å². The number of carbonyl (C=O) groups is 1. The predicted molar refractivity (Wildman–Crippen MR) is 105 cm³/mol. The zero-order chi connectivity index (χ0) is 18.2. The van der Waals surface area contributed by atoms with Crippen LogP contribution in [-0.2, 0) is 6.54 Å². The van der Waals surface area contributed by atoms with Crippen LogP contribution in [-0.4, -0.2) is 10.8 Å². The number of anilines is 1. The molecule has 1 N–H and O–H groups in total. The van der Waals surface area contributed by atoms with Crippen LogP contribution in [0.15, 0.2) is 89.5 Å². The zero-order valence-electron chi connectivity index (χ0n) is 14.6. The van der Waals surface area contributed by atoms with Crippen molar-refractivity contribution in [1.82, 2.24) is 4.90 Å². The highest BCUT2D eigenvalue weighted by molar-refractivity contribution is 6.02. The Morgan fingerprint density at radius 3 is 2.59 bits per heavy atom. The zero-order valence-corrected chi connectivity index (χ0v) is 14.6. The third-order valence-corrected chi connectivity index (χ3v) is 5.05. The molecule has 0 spiro atoms. The van der Waals surface area contributed by atoms with Crippen LogP contribution in [0.3, 0.4) is 0 Å². The first-order chi connectivity index (χ1) is 13.3. The molecule has 1 atom stereocenters. The van der Waals surface area contributed by atoms with E-state index in [0.29, 0.717) is 12.1 Å². The van der Waals surface area contributed by atoms with Gasteiger partial charge in [-0.05, 0) is 35.0 Å². The Balaban J connectivity index is 1.66. The van der Waals surface area contributed by atoms with Crippen molar-refractivity contribution in [2.75, 3.05) is 5.32 Å². The molecule has 4 nitrogen and oxygen atoms in total. The fourth-order valence-corrected chi connectivity index (χ4v) is 3.76. The Bertz CT molecular complexity index is 1110. The molecule has 0 radical (unpaired) electrons. The van der Waals surface area contributed by atoms with Crippen molar-refractivity contribution in [2.45, 2.75) is 12.7 Å². The summed E-state index contributed by atoms with van der Waals surface area (Å²) in [4.78, 5) is 15.1. The summed E-state index contributed by atoms with van der Waals surface area (Å²) in [5.74, 6) is 0.758. The summed E-state index contributed by atoms with van der Waals surface area (Å²) in [7, 11) is 0. The number of nitrogens with one attached hydrogen (secondary N) is 1. The van der Waals surface area contributed by atoms with Crippen molar-refractivity contribution >= 4 is 22.4 Å². The summed E-state index contributed by atoms with van der Waals surface area (Å²) in [6.07, 6.45) is 1.36. The smallest absolute Gasteiger partial charge is 0.258 e. The van der Waals surface area contributed by atoms with Crippen LogP contribution in [0, 0.1) is 0 Å². The largest absolute Gasteiger partial charge is 0.467 e. The van der Waals surface area contributed by atoms with Gasteiger partial charge in [-0.3, -0.25) is 4.79 Å². The predicted octanol–water partition coefficient (Wildman–Crippen LogP) is 5.20. The van der Waals surface area contributed by atoms with Crippen molar-refractivity contribution in [1.29, 1.82) is 0 Å². The molecular formula is C23H18N2O2. The third kappa shape index (κ3) is 2.66. The molecule has 5 rings (SSSR count). The van der Waals surface area contributed by atoms with E-state index < -0.39 is 0 Å². The summed E-state index contributed by atoms with van der Waals surface area (Å²) in [5.41, 5.74) is 2.61. The molecule has 0 unspecified atom stereocenters. The molecule has 132 valence electrons. The quantitative estimate of drug-likeness (QED) is 0.550. The van der Waals surface area contributed by atoms with Gasteiger partial charge in [0.1, 0.15) is 11.9 Å². The fourth-order valence-electron chi connectivity index (χ4n) is 3.76. The average Bonchev–Trinajstić information content (AvgIpc) is 3.23. The lowest BCUT2D eigenvalue weighted by atomic mass is 9.98. The van der Waals surface area contributed by atoms with Crippen LogP contribution in [0.2, 0.25) is 0 Å². The van der Waals surface area contributed by atoms with Gasteiger partial charge in [0.25, 0.3) is 5.91 Å². The van der Waals surface area contributed by atoms with Gasteiger partial charge in [0, 0.05) is 11.3 Å². The summed E-state index contributed by atoms with van der Waals surface area (Å²) < 4.78 is 5.52. The van der Waals surface area contributed by atoms with Crippen molar-refractivity contribution in [3.8, 4) is 0 Å². The topological polar surface area (TPSA) is 45.5 Å². The number of nitrogens with zero attached hydrogens (tertiary/aromatic N) is 1. The summed E-state index contributed by atoms with van der Waals surface area (Å²) in [5, 5.41) is 5.85. The number of hydrogen-bond donors (Lipinski definition) is 1. The maximum atomic E-state index is 13.3. The summed E-state index contributed by atoms with van der Waals surface area (Å²) in [6, 6.07) is 25.9. The van der Waals surface area contributed by atoms with Gasteiger partial charge in [-0.2, -0.15) is 0 Å². The van der Waals surface area contributed by atoms with Crippen molar-refractivity contribution in [3.63, 3.8) is 0 Å². The number of hydrogen-bond acceptors (Lipinski definition) is 3. The average molecular weight is 354 g/mol. The van der Waals surface area contributed by atoms with E-state index in [0.717, 1.165) is 27.8 Å². The van der Waals surface area contributed by atoms with Crippen LogP contribution in [0.4, 0.5) is 5.69 Å². The van der Waals surface area contributed by atoms with E-state index in [9.17, 15) is 4.79 Å². The highest BCUT2D eigenvalue weighted by atomic mass is 16.3. The number of amides is 1. The SMILES string of the molecule is O=C1c2ccccc2N[C@@H](c2cccc3ccccc23)N1Cc1ccco1.